The number of amides is 2. The van der Waals surface area contributed by atoms with Crippen LogP contribution < -0.4 is 16.8 Å². The molecule has 1 aliphatic rings. The van der Waals surface area contributed by atoms with Crippen molar-refractivity contribution in [1.29, 1.82) is 0 Å². The number of nitrogens with one attached hydrogen (secondary N) is 1. The number of nitrogens with zero attached hydrogens (tertiary/aromatic N) is 1. The van der Waals surface area contributed by atoms with Gasteiger partial charge in [0.1, 0.15) is 0 Å². The number of hydrogen-bond acceptors (Lipinski definition) is 4. The summed E-state index contributed by atoms with van der Waals surface area (Å²) in [6, 6.07) is 0. The second-order valence-electron chi connectivity index (χ2n) is 2.42. The van der Waals surface area contributed by atoms with Crippen molar-refractivity contribution in [2.45, 2.75) is 12.8 Å². The third kappa shape index (κ3) is 10.4. The van der Waals surface area contributed by atoms with Gasteiger partial charge in [-0.05, 0) is 0 Å². The van der Waals surface area contributed by atoms with Crippen LogP contribution >= 0.6 is 0 Å². The highest BCUT2D eigenvalue weighted by Crippen LogP contribution is 1.82. The number of rotatable bonds is 3. The molecule has 0 aromatic rings. The molecule has 6 heteroatoms. The van der Waals surface area contributed by atoms with Crippen LogP contribution in [0.15, 0.2) is 4.99 Å². The molecule has 1 aliphatic heterocycles. The van der Waals surface area contributed by atoms with E-state index >= 15 is 0 Å². The molecule has 6 nitrogen and oxygen atoms in total. The molecule has 0 aromatic heterocycles. The highest BCUT2D eigenvalue weighted by Gasteiger charge is 1.96. The minimum absolute atomic E-state index is 0.0509. The Balaban J connectivity index is 0.000000243. The van der Waals surface area contributed by atoms with Crippen LogP contribution in [-0.4, -0.2) is 31.2 Å². The summed E-state index contributed by atoms with van der Waals surface area (Å²) in [5.74, 6) is -0.993. The van der Waals surface area contributed by atoms with Crippen molar-refractivity contribution >= 4 is 18.2 Å². The lowest BCUT2D eigenvalue weighted by molar-refractivity contribution is -0.123. The molecule has 0 aromatic carbocycles. The Morgan fingerprint density at radius 2 is 1.85 bits per heavy atom. The summed E-state index contributed by atoms with van der Waals surface area (Å²) < 4.78 is 0. The smallest absolute Gasteiger partial charge is 0.217 e. The number of carbonyl (C=O) groups excluding carboxylic acids is 2. The van der Waals surface area contributed by atoms with Crippen molar-refractivity contribution in [3.8, 4) is 0 Å². The molecule has 2 amide bonds. The molecule has 74 valence electrons. The van der Waals surface area contributed by atoms with Gasteiger partial charge >= 0.3 is 0 Å². The Hall–Kier alpha value is -1.59. The predicted octanol–water partition coefficient (Wildman–Crippen LogP) is -1.64. The molecule has 0 aliphatic carbocycles. The van der Waals surface area contributed by atoms with E-state index in [1.54, 1.807) is 6.34 Å². The van der Waals surface area contributed by atoms with Gasteiger partial charge in [0.15, 0.2) is 0 Å². The minimum Gasteiger partial charge on any atom is -0.375 e. The van der Waals surface area contributed by atoms with E-state index in [-0.39, 0.29) is 12.8 Å². The second-order valence-corrected chi connectivity index (χ2v) is 2.42. The molecule has 0 bridgehead atoms. The van der Waals surface area contributed by atoms with Crippen molar-refractivity contribution in [2.75, 3.05) is 13.1 Å². The molecule has 0 atom stereocenters. The van der Waals surface area contributed by atoms with Crippen molar-refractivity contribution in [1.82, 2.24) is 5.32 Å². The lowest BCUT2D eigenvalue weighted by atomic mass is 10.3. The molecule has 1 heterocycles. The first kappa shape index (κ1) is 11.4. The monoisotopic (exact) mass is 186 g/mol. The topological polar surface area (TPSA) is 111 Å². The SMILES string of the molecule is C1=NCCN1.NC(=O)CCC(N)=O. The zero-order valence-corrected chi connectivity index (χ0v) is 7.32. The van der Waals surface area contributed by atoms with Gasteiger partial charge in [0.2, 0.25) is 11.8 Å². The molecule has 5 N–H and O–H groups in total. The number of aliphatic imine (C=N–C) groups is 1. The zero-order chi connectivity index (χ0) is 10.1. The van der Waals surface area contributed by atoms with E-state index in [4.69, 9.17) is 11.5 Å². The van der Waals surface area contributed by atoms with E-state index in [1.807, 2.05) is 0 Å². The largest absolute Gasteiger partial charge is 0.375 e. The lowest BCUT2D eigenvalue weighted by Crippen LogP contribution is -2.16. The Kier molecular flexibility index (Phi) is 6.21. The van der Waals surface area contributed by atoms with Crippen LogP contribution in [0, 0.1) is 0 Å². The van der Waals surface area contributed by atoms with Crippen molar-refractivity contribution in [3.05, 3.63) is 0 Å². The summed E-state index contributed by atoms with van der Waals surface area (Å²) in [6.45, 7) is 1.99. The average molecular weight is 186 g/mol. The second kappa shape index (κ2) is 7.08. The summed E-state index contributed by atoms with van der Waals surface area (Å²) in [4.78, 5) is 23.7. The molecule has 13 heavy (non-hydrogen) atoms. The Labute approximate surface area is 76.4 Å². The summed E-state index contributed by atoms with van der Waals surface area (Å²) in [7, 11) is 0. The van der Waals surface area contributed by atoms with Crippen molar-refractivity contribution < 1.29 is 9.59 Å². The predicted molar refractivity (Wildman–Crippen MR) is 49.0 cm³/mol. The summed E-state index contributed by atoms with van der Waals surface area (Å²) >= 11 is 0. The van der Waals surface area contributed by atoms with Crippen LogP contribution in [0.25, 0.3) is 0 Å². The van der Waals surface area contributed by atoms with Gasteiger partial charge < -0.3 is 16.8 Å². The highest BCUT2D eigenvalue weighted by atomic mass is 16.2. The fourth-order valence-corrected chi connectivity index (χ4v) is 0.569. The van der Waals surface area contributed by atoms with E-state index in [0.717, 1.165) is 13.1 Å². The first-order valence-electron chi connectivity index (χ1n) is 3.91. The maximum Gasteiger partial charge on any atom is 0.217 e. The molecular formula is C7H14N4O2. The number of nitrogens with two attached hydrogens (primary N) is 2. The van der Waals surface area contributed by atoms with Gasteiger partial charge in [0.05, 0.1) is 12.9 Å². The molecule has 0 saturated carbocycles. The molecule has 0 saturated heterocycles. The normalized spacial score (nSPS) is 12.6. The van der Waals surface area contributed by atoms with Gasteiger partial charge in [0, 0.05) is 19.4 Å². The standard InChI is InChI=1S/C4H8N2O2.C3H6N2/c5-3(7)1-2-4(6)8;1-2-5-3-4-1/h1-2H2,(H2,5,7)(H2,6,8);3H,1-2H2,(H,4,5). The van der Waals surface area contributed by atoms with E-state index in [1.165, 1.54) is 0 Å². The fourth-order valence-electron chi connectivity index (χ4n) is 0.569. The molecule has 0 radical (unpaired) electrons. The maximum absolute atomic E-state index is 9.92. The van der Waals surface area contributed by atoms with Crippen LogP contribution in [0.4, 0.5) is 0 Å². The number of hydrogen-bond donors (Lipinski definition) is 3. The first-order chi connectivity index (χ1) is 6.13. The van der Waals surface area contributed by atoms with E-state index < -0.39 is 11.8 Å². The molecular weight excluding hydrogens is 172 g/mol. The van der Waals surface area contributed by atoms with Crippen LogP contribution in [0.3, 0.4) is 0 Å². The summed E-state index contributed by atoms with van der Waals surface area (Å²) in [5, 5.41) is 2.93. The highest BCUT2D eigenvalue weighted by molar-refractivity contribution is 5.81. The Morgan fingerprint density at radius 1 is 1.31 bits per heavy atom. The molecule has 0 fully saturated rings. The number of primary amides is 2. The van der Waals surface area contributed by atoms with Gasteiger partial charge in [-0.1, -0.05) is 0 Å². The molecule has 0 unspecified atom stereocenters. The van der Waals surface area contributed by atoms with E-state index in [0.29, 0.717) is 0 Å². The van der Waals surface area contributed by atoms with Gasteiger partial charge in [-0.3, -0.25) is 14.6 Å². The Morgan fingerprint density at radius 3 is 2.00 bits per heavy atom. The van der Waals surface area contributed by atoms with Gasteiger partial charge in [-0.2, -0.15) is 0 Å². The lowest BCUT2D eigenvalue weighted by Gasteiger charge is -1.87. The van der Waals surface area contributed by atoms with Crippen molar-refractivity contribution in [3.63, 3.8) is 0 Å². The Bertz CT molecular complexity index is 183. The van der Waals surface area contributed by atoms with Crippen LogP contribution in [0.5, 0.6) is 0 Å². The quantitative estimate of drug-likeness (QED) is 0.491. The van der Waals surface area contributed by atoms with Crippen LogP contribution in [0.2, 0.25) is 0 Å². The third-order valence-electron chi connectivity index (χ3n) is 1.19. The van der Waals surface area contributed by atoms with Gasteiger partial charge in [-0.15, -0.1) is 0 Å². The third-order valence-corrected chi connectivity index (χ3v) is 1.19. The molecule has 0 spiro atoms. The number of carbonyl (C=O) groups is 2. The maximum atomic E-state index is 9.92. The first-order valence-corrected chi connectivity index (χ1v) is 3.91. The molecule has 1 rings (SSSR count). The summed E-state index contributed by atoms with van der Waals surface area (Å²) in [6.07, 6.45) is 1.84. The van der Waals surface area contributed by atoms with Crippen LogP contribution in [0.1, 0.15) is 12.8 Å². The minimum atomic E-state index is -0.496. The average Bonchev–Trinajstić information content (AvgIpc) is 2.57. The van der Waals surface area contributed by atoms with Gasteiger partial charge in [0.25, 0.3) is 0 Å². The van der Waals surface area contributed by atoms with E-state index in [9.17, 15) is 9.59 Å². The summed E-state index contributed by atoms with van der Waals surface area (Å²) in [5.41, 5.74) is 9.39. The van der Waals surface area contributed by atoms with Gasteiger partial charge in [-0.25, -0.2) is 0 Å². The zero-order valence-electron chi connectivity index (χ0n) is 7.32. The van der Waals surface area contributed by atoms with Crippen molar-refractivity contribution in [2.24, 2.45) is 16.5 Å². The van der Waals surface area contributed by atoms with E-state index in [2.05, 4.69) is 10.3 Å². The fraction of sp³-hybridized carbons (Fsp3) is 0.571. The van der Waals surface area contributed by atoms with Crippen LogP contribution in [-0.2, 0) is 9.59 Å².